The van der Waals surface area contributed by atoms with Crippen molar-refractivity contribution in [3.05, 3.63) is 29.6 Å². The number of nitrogens with zero attached hydrogens (tertiary/aromatic N) is 4. The van der Waals surface area contributed by atoms with E-state index in [1.807, 2.05) is 6.92 Å². The van der Waals surface area contributed by atoms with Crippen LogP contribution in [0.3, 0.4) is 0 Å². The molecule has 0 spiro atoms. The molecule has 2 aromatic heterocycles. The number of carbonyl (C=O) groups excluding carboxylic acids is 1. The molecular weight excluding hydrogens is 387 g/mol. The van der Waals surface area contributed by atoms with Crippen LogP contribution in [-0.4, -0.2) is 40.3 Å². The maximum Gasteiger partial charge on any atom is 0.413 e. The number of ether oxygens (including phenoxy) is 1. The standard InChI is InChI=1S/C19H20F3N5O2/c1-3-13-15-16(23-9-24-17(15)26-18(28)29-13)12-6-10(19(2,21)22)7-14(25-12)27-5-4-11(20)8-27/h6-7,9,11,13H,3-5,8H2,1-2H3,(H,23,24,26,28)/t11-,13?/m1/s1. The van der Waals surface area contributed by atoms with Gasteiger partial charge in [0.2, 0.25) is 0 Å². The number of alkyl halides is 3. The molecule has 0 radical (unpaired) electrons. The summed E-state index contributed by atoms with van der Waals surface area (Å²) in [6.45, 7) is 3.12. The maximum atomic E-state index is 14.2. The fourth-order valence-electron chi connectivity index (χ4n) is 3.58. The van der Waals surface area contributed by atoms with E-state index in [9.17, 15) is 18.0 Å². The number of amides is 1. The van der Waals surface area contributed by atoms with Gasteiger partial charge >= 0.3 is 6.09 Å². The normalized spacial score (nSPS) is 21.6. The lowest BCUT2D eigenvalue weighted by molar-refractivity contribution is 0.0175. The molecule has 0 bridgehead atoms. The molecule has 0 aliphatic carbocycles. The van der Waals surface area contributed by atoms with Gasteiger partial charge in [-0.05, 0) is 25.0 Å². The van der Waals surface area contributed by atoms with Gasteiger partial charge in [0.1, 0.15) is 35.9 Å². The van der Waals surface area contributed by atoms with Crippen molar-refractivity contribution in [2.45, 2.75) is 44.9 Å². The topological polar surface area (TPSA) is 80.2 Å². The second-order valence-corrected chi connectivity index (χ2v) is 7.23. The van der Waals surface area contributed by atoms with E-state index < -0.39 is 24.3 Å². The predicted molar refractivity (Wildman–Crippen MR) is 99.7 cm³/mol. The Labute approximate surface area is 165 Å². The van der Waals surface area contributed by atoms with E-state index in [1.165, 1.54) is 18.5 Å². The van der Waals surface area contributed by atoms with Gasteiger partial charge in [-0.1, -0.05) is 6.92 Å². The molecule has 1 fully saturated rings. The van der Waals surface area contributed by atoms with Gasteiger partial charge in [-0.2, -0.15) is 0 Å². The smallest absolute Gasteiger partial charge is 0.413 e. The van der Waals surface area contributed by atoms with Crippen molar-refractivity contribution in [3.8, 4) is 11.4 Å². The van der Waals surface area contributed by atoms with Gasteiger partial charge in [-0.25, -0.2) is 32.9 Å². The number of nitrogens with one attached hydrogen (secondary N) is 1. The zero-order valence-corrected chi connectivity index (χ0v) is 16.0. The van der Waals surface area contributed by atoms with E-state index in [0.717, 1.165) is 6.92 Å². The number of carbonyl (C=O) groups is 1. The lowest BCUT2D eigenvalue weighted by Gasteiger charge is -2.26. The molecule has 0 aromatic carbocycles. The monoisotopic (exact) mass is 407 g/mol. The van der Waals surface area contributed by atoms with Crippen molar-refractivity contribution in [3.63, 3.8) is 0 Å². The van der Waals surface area contributed by atoms with E-state index in [2.05, 4.69) is 20.3 Å². The van der Waals surface area contributed by atoms with Crippen LogP contribution >= 0.6 is 0 Å². The first kappa shape index (κ1) is 19.4. The Morgan fingerprint density at radius 3 is 2.79 bits per heavy atom. The van der Waals surface area contributed by atoms with E-state index in [-0.39, 0.29) is 29.4 Å². The number of hydrogen-bond donors (Lipinski definition) is 1. The van der Waals surface area contributed by atoms with E-state index in [1.54, 1.807) is 4.90 Å². The Morgan fingerprint density at radius 1 is 1.34 bits per heavy atom. The number of rotatable bonds is 4. The molecule has 0 saturated carbocycles. The van der Waals surface area contributed by atoms with Gasteiger partial charge in [0.25, 0.3) is 5.92 Å². The van der Waals surface area contributed by atoms with E-state index in [0.29, 0.717) is 30.6 Å². The minimum Gasteiger partial charge on any atom is -0.441 e. The molecular formula is C19H20F3N5O2. The zero-order chi connectivity index (χ0) is 20.8. The molecule has 2 aliphatic heterocycles. The highest BCUT2D eigenvalue weighted by molar-refractivity contribution is 5.88. The number of cyclic esters (lactones) is 1. The summed E-state index contributed by atoms with van der Waals surface area (Å²) in [5, 5.41) is 2.51. The average molecular weight is 407 g/mol. The van der Waals surface area contributed by atoms with Crippen LogP contribution in [0, 0.1) is 0 Å². The van der Waals surface area contributed by atoms with Crippen molar-refractivity contribution in [2.24, 2.45) is 0 Å². The number of halogens is 3. The third kappa shape index (κ3) is 3.70. The quantitative estimate of drug-likeness (QED) is 0.818. The molecule has 4 heterocycles. The molecule has 7 nitrogen and oxygen atoms in total. The summed E-state index contributed by atoms with van der Waals surface area (Å²) >= 11 is 0. The zero-order valence-electron chi connectivity index (χ0n) is 16.0. The fourth-order valence-corrected chi connectivity index (χ4v) is 3.58. The van der Waals surface area contributed by atoms with Crippen LogP contribution in [0.1, 0.15) is 43.9 Å². The molecule has 2 aromatic rings. The van der Waals surface area contributed by atoms with Gasteiger partial charge < -0.3 is 9.64 Å². The van der Waals surface area contributed by atoms with Crippen LogP contribution in [0.2, 0.25) is 0 Å². The summed E-state index contributed by atoms with van der Waals surface area (Å²) < 4.78 is 47.4. The first-order valence-electron chi connectivity index (χ1n) is 9.38. The lowest BCUT2D eigenvalue weighted by atomic mass is 10.0. The Morgan fingerprint density at radius 2 is 2.14 bits per heavy atom. The van der Waals surface area contributed by atoms with Crippen LogP contribution in [-0.2, 0) is 10.7 Å². The summed E-state index contributed by atoms with van der Waals surface area (Å²) in [5.74, 6) is -2.59. The molecule has 1 N–H and O–H groups in total. The second-order valence-electron chi connectivity index (χ2n) is 7.23. The second kappa shape index (κ2) is 7.16. The summed E-state index contributed by atoms with van der Waals surface area (Å²) in [5.41, 5.74) is 0.721. The molecule has 10 heteroatoms. The van der Waals surface area contributed by atoms with Crippen LogP contribution in [0.5, 0.6) is 0 Å². The van der Waals surface area contributed by atoms with Crippen molar-refractivity contribution >= 4 is 17.7 Å². The van der Waals surface area contributed by atoms with Gasteiger partial charge in [-0.3, -0.25) is 5.32 Å². The number of hydrogen-bond acceptors (Lipinski definition) is 6. The van der Waals surface area contributed by atoms with Gasteiger partial charge in [-0.15, -0.1) is 0 Å². The molecule has 1 unspecified atom stereocenters. The molecule has 1 saturated heterocycles. The SMILES string of the molecule is CCC1OC(=O)Nc2ncnc(-c3cc(C(C)(F)F)cc(N4CC[C@@H](F)C4)n3)c21. The van der Waals surface area contributed by atoms with Crippen molar-refractivity contribution in [1.82, 2.24) is 15.0 Å². The van der Waals surface area contributed by atoms with Crippen LogP contribution in [0.4, 0.5) is 29.6 Å². The van der Waals surface area contributed by atoms with Crippen LogP contribution < -0.4 is 10.2 Å². The summed E-state index contributed by atoms with van der Waals surface area (Å²) in [4.78, 5) is 26.2. The summed E-state index contributed by atoms with van der Waals surface area (Å²) in [6.07, 6.45) is -0.281. The average Bonchev–Trinajstić information content (AvgIpc) is 3.12. The molecule has 2 atom stereocenters. The molecule has 1 amide bonds. The Kier molecular flexibility index (Phi) is 4.79. The largest absolute Gasteiger partial charge is 0.441 e. The highest BCUT2D eigenvalue weighted by Gasteiger charge is 2.33. The number of aromatic nitrogens is 3. The van der Waals surface area contributed by atoms with E-state index in [4.69, 9.17) is 4.74 Å². The Hall–Kier alpha value is -2.91. The minimum atomic E-state index is -3.12. The van der Waals surface area contributed by atoms with Gasteiger partial charge in [0.05, 0.1) is 17.8 Å². The number of fused-ring (bicyclic) bond motifs is 1. The third-order valence-electron chi connectivity index (χ3n) is 5.06. The maximum absolute atomic E-state index is 14.2. The Bertz CT molecular complexity index is 950. The van der Waals surface area contributed by atoms with Gasteiger partial charge in [0, 0.05) is 19.0 Å². The highest BCUT2D eigenvalue weighted by atomic mass is 19.3. The first-order chi connectivity index (χ1) is 13.8. The van der Waals surface area contributed by atoms with E-state index >= 15 is 0 Å². The molecule has 4 rings (SSSR count). The van der Waals surface area contributed by atoms with Crippen molar-refractivity contribution in [2.75, 3.05) is 23.3 Å². The van der Waals surface area contributed by atoms with Gasteiger partial charge in [0.15, 0.2) is 0 Å². The van der Waals surface area contributed by atoms with Crippen LogP contribution in [0.25, 0.3) is 11.4 Å². The summed E-state index contributed by atoms with van der Waals surface area (Å²) in [6, 6.07) is 2.54. The first-order valence-corrected chi connectivity index (χ1v) is 9.38. The number of anilines is 2. The lowest BCUT2D eigenvalue weighted by Crippen LogP contribution is -2.26. The molecule has 2 aliphatic rings. The highest BCUT2D eigenvalue weighted by Crippen LogP contribution is 2.39. The molecule has 154 valence electrons. The predicted octanol–water partition coefficient (Wildman–Crippen LogP) is 4.21. The minimum absolute atomic E-state index is 0.101. The van der Waals surface area contributed by atoms with Crippen LogP contribution in [0.15, 0.2) is 18.5 Å². The van der Waals surface area contributed by atoms with Crippen molar-refractivity contribution < 1.29 is 22.7 Å². The molecule has 29 heavy (non-hydrogen) atoms. The van der Waals surface area contributed by atoms with Crippen molar-refractivity contribution in [1.29, 1.82) is 0 Å². The Balaban J connectivity index is 1.87. The third-order valence-corrected chi connectivity index (χ3v) is 5.06. The fraction of sp³-hybridized carbons (Fsp3) is 0.474. The number of pyridine rings is 1. The summed E-state index contributed by atoms with van der Waals surface area (Å²) in [7, 11) is 0.